The smallest absolute Gasteiger partial charge is 0.223 e. The molecule has 2 saturated heterocycles. The van der Waals surface area contributed by atoms with Gasteiger partial charge >= 0.3 is 0 Å². The lowest BCUT2D eigenvalue weighted by atomic mass is 9.96. The van der Waals surface area contributed by atoms with E-state index in [0.717, 1.165) is 66.6 Å². The number of nitrogens with one attached hydrogen (secondary N) is 1. The van der Waals surface area contributed by atoms with E-state index in [9.17, 15) is 4.79 Å². The van der Waals surface area contributed by atoms with Crippen molar-refractivity contribution in [3.63, 3.8) is 0 Å². The summed E-state index contributed by atoms with van der Waals surface area (Å²) >= 11 is 3.51. The maximum Gasteiger partial charge on any atom is 0.223 e. The highest BCUT2D eigenvalue weighted by atomic mass is 79.9. The number of hydrogen-bond donors (Lipinski definition) is 1. The number of nitrogens with zero attached hydrogens (tertiary/aromatic N) is 3. The minimum atomic E-state index is 0.138. The number of fused-ring (bicyclic) bond motifs is 1. The van der Waals surface area contributed by atoms with Gasteiger partial charge in [0.2, 0.25) is 5.91 Å². The Morgan fingerprint density at radius 3 is 2.68 bits per heavy atom. The van der Waals surface area contributed by atoms with Crippen molar-refractivity contribution in [2.45, 2.75) is 32.1 Å². The zero-order valence-corrected chi connectivity index (χ0v) is 18.0. The number of rotatable bonds is 6. The number of pyridine rings is 1. The number of anilines is 1. The van der Waals surface area contributed by atoms with Crippen LogP contribution in [0.25, 0.3) is 10.9 Å². The van der Waals surface area contributed by atoms with Gasteiger partial charge in [0.25, 0.3) is 0 Å². The Bertz CT molecular complexity index is 813. The first-order chi connectivity index (χ1) is 13.7. The quantitative estimate of drug-likeness (QED) is 0.687. The van der Waals surface area contributed by atoms with Gasteiger partial charge in [-0.3, -0.25) is 4.79 Å². The Kier molecular flexibility index (Phi) is 6.47. The molecule has 4 rings (SSSR count). The van der Waals surface area contributed by atoms with Crippen molar-refractivity contribution in [2.24, 2.45) is 5.92 Å². The second-order valence-corrected chi connectivity index (χ2v) is 8.88. The molecule has 2 aliphatic heterocycles. The fourth-order valence-electron chi connectivity index (χ4n) is 4.30. The molecule has 2 aromatic rings. The lowest BCUT2D eigenvalue weighted by Gasteiger charge is -2.32. The molecule has 150 valence electrons. The topological polar surface area (TPSA) is 48.5 Å². The van der Waals surface area contributed by atoms with Crippen LogP contribution in [0, 0.1) is 5.92 Å². The number of carbonyl (C=O) groups is 1. The summed E-state index contributed by atoms with van der Waals surface area (Å²) in [6.07, 6.45) is 5.51. The van der Waals surface area contributed by atoms with Crippen LogP contribution in [0.1, 0.15) is 32.1 Å². The largest absolute Gasteiger partial charge is 0.357 e. The molecule has 6 heteroatoms. The first-order valence-electron chi connectivity index (χ1n) is 10.5. The van der Waals surface area contributed by atoms with Gasteiger partial charge in [-0.15, -0.1) is 0 Å². The molecule has 0 saturated carbocycles. The van der Waals surface area contributed by atoms with Crippen molar-refractivity contribution in [3.8, 4) is 0 Å². The first kappa shape index (κ1) is 19.6. The summed E-state index contributed by atoms with van der Waals surface area (Å²) in [4.78, 5) is 22.1. The van der Waals surface area contributed by atoms with Crippen LogP contribution < -0.4 is 10.2 Å². The molecule has 2 fully saturated rings. The fraction of sp³-hybridized carbons (Fsp3) is 0.545. The predicted octanol–water partition coefficient (Wildman–Crippen LogP) is 3.82. The molecule has 0 aliphatic carbocycles. The molecule has 1 aromatic heterocycles. The van der Waals surface area contributed by atoms with Gasteiger partial charge in [0.05, 0.1) is 5.52 Å². The number of halogens is 1. The Morgan fingerprint density at radius 2 is 1.89 bits per heavy atom. The van der Waals surface area contributed by atoms with Gasteiger partial charge in [-0.25, -0.2) is 4.98 Å². The van der Waals surface area contributed by atoms with Gasteiger partial charge < -0.3 is 15.1 Å². The standard InChI is InChI=1S/C22H29BrN4O/c23-19-5-6-20-18(16-19)4-7-21(25-20)27-14-8-17(9-15-27)22(28)24-10-3-13-26-11-1-2-12-26/h4-7,16-17H,1-3,8-15H2,(H,24,28). The monoisotopic (exact) mass is 444 g/mol. The van der Waals surface area contributed by atoms with Gasteiger partial charge in [-0.05, 0) is 82.1 Å². The highest BCUT2D eigenvalue weighted by Gasteiger charge is 2.25. The lowest BCUT2D eigenvalue weighted by molar-refractivity contribution is -0.125. The number of likely N-dealkylation sites (tertiary alicyclic amines) is 1. The molecule has 0 spiro atoms. The summed E-state index contributed by atoms with van der Waals surface area (Å²) in [5, 5.41) is 4.30. The third-order valence-electron chi connectivity index (χ3n) is 5.98. The number of piperidine rings is 1. The molecule has 0 bridgehead atoms. The zero-order chi connectivity index (χ0) is 19.3. The number of hydrogen-bond acceptors (Lipinski definition) is 4. The Balaban J connectivity index is 1.23. The Labute approximate surface area is 175 Å². The van der Waals surface area contributed by atoms with Crippen molar-refractivity contribution in [3.05, 3.63) is 34.8 Å². The number of benzene rings is 1. The zero-order valence-electron chi connectivity index (χ0n) is 16.4. The molecule has 2 aliphatic rings. The second-order valence-electron chi connectivity index (χ2n) is 7.96. The molecule has 0 atom stereocenters. The molecule has 28 heavy (non-hydrogen) atoms. The van der Waals surface area contributed by atoms with Crippen LogP contribution in [0.4, 0.5) is 5.82 Å². The third kappa shape index (κ3) is 4.84. The van der Waals surface area contributed by atoms with Crippen LogP contribution >= 0.6 is 15.9 Å². The Hall–Kier alpha value is -1.66. The normalized spacial score (nSPS) is 18.7. The van der Waals surface area contributed by atoms with Crippen molar-refractivity contribution in [1.82, 2.24) is 15.2 Å². The maximum absolute atomic E-state index is 12.5. The van der Waals surface area contributed by atoms with E-state index in [2.05, 4.69) is 49.2 Å². The lowest BCUT2D eigenvalue weighted by Crippen LogP contribution is -2.41. The summed E-state index contributed by atoms with van der Waals surface area (Å²) < 4.78 is 1.07. The minimum Gasteiger partial charge on any atom is -0.357 e. The third-order valence-corrected chi connectivity index (χ3v) is 6.47. The van der Waals surface area contributed by atoms with E-state index < -0.39 is 0 Å². The van der Waals surface area contributed by atoms with Gasteiger partial charge in [0.15, 0.2) is 0 Å². The van der Waals surface area contributed by atoms with Crippen molar-refractivity contribution >= 4 is 38.6 Å². The highest BCUT2D eigenvalue weighted by Crippen LogP contribution is 2.25. The van der Waals surface area contributed by atoms with Crippen LogP contribution in [0.15, 0.2) is 34.8 Å². The summed E-state index contributed by atoms with van der Waals surface area (Å²) in [5.41, 5.74) is 1.01. The number of amides is 1. The summed E-state index contributed by atoms with van der Waals surface area (Å²) in [7, 11) is 0. The molecule has 3 heterocycles. The van der Waals surface area contributed by atoms with Crippen LogP contribution in [-0.4, -0.2) is 55.1 Å². The predicted molar refractivity (Wildman–Crippen MR) is 118 cm³/mol. The molecule has 0 unspecified atom stereocenters. The van der Waals surface area contributed by atoms with Crippen molar-refractivity contribution < 1.29 is 4.79 Å². The van der Waals surface area contributed by atoms with Crippen molar-refractivity contribution in [2.75, 3.05) is 44.2 Å². The molecule has 5 nitrogen and oxygen atoms in total. The van der Waals surface area contributed by atoms with E-state index in [1.165, 1.54) is 25.9 Å². The van der Waals surface area contributed by atoms with Crippen molar-refractivity contribution in [1.29, 1.82) is 0 Å². The second kappa shape index (κ2) is 9.23. The van der Waals surface area contributed by atoms with E-state index >= 15 is 0 Å². The van der Waals surface area contributed by atoms with E-state index in [1.807, 2.05) is 12.1 Å². The van der Waals surface area contributed by atoms with Crippen LogP contribution in [0.5, 0.6) is 0 Å². The van der Waals surface area contributed by atoms with Crippen LogP contribution in [-0.2, 0) is 4.79 Å². The molecule has 1 N–H and O–H groups in total. The number of carbonyl (C=O) groups excluding carboxylic acids is 1. The van der Waals surface area contributed by atoms with E-state index in [4.69, 9.17) is 4.98 Å². The molecular weight excluding hydrogens is 416 g/mol. The first-order valence-corrected chi connectivity index (χ1v) is 11.3. The van der Waals surface area contributed by atoms with Gasteiger partial charge in [-0.2, -0.15) is 0 Å². The van der Waals surface area contributed by atoms with Crippen LogP contribution in [0.3, 0.4) is 0 Å². The summed E-state index contributed by atoms with van der Waals surface area (Å²) in [5.74, 6) is 1.39. The Morgan fingerprint density at radius 1 is 1.11 bits per heavy atom. The minimum absolute atomic E-state index is 0.138. The van der Waals surface area contributed by atoms with E-state index in [0.29, 0.717) is 0 Å². The SMILES string of the molecule is O=C(NCCCN1CCCC1)C1CCN(c2ccc3cc(Br)ccc3n2)CC1. The van der Waals surface area contributed by atoms with Crippen LogP contribution in [0.2, 0.25) is 0 Å². The van der Waals surface area contributed by atoms with Gasteiger partial charge in [0.1, 0.15) is 5.82 Å². The summed E-state index contributed by atoms with van der Waals surface area (Å²) in [6, 6.07) is 10.4. The van der Waals surface area contributed by atoms with E-state index in [1.54, 1.807) is 0 Å². The highest BCUT2D eigenvalue weighted by molar-refractivity contribution is 9.10. The number of aromatic nitrogens is 1. The van der Waals surface area contributed by atoms with Gasteiger partial charge in [0, 0.05) is 35.4 Å². The average molecular weight is 445 g/mol. The van der Waals surface area contributed by atoms with E-state index in [-0.39, 0.29) is 11.8 Å². The molecular formula is C22H29BrN4O. The fourth-order valence-corrected chi connectivity index (χ4v) is 4.68. The molecule has 1 aromatic carbocycles. The maximum atomic E-state index is 12.5. The summed E-state index contributed by atoms with van der Waals surface area (Å²) in [6.45, 7) is 6.15. The molecule has 0 radical (unpaired) electrons. The van der Waals surface area contributed by atoms with Gasteiger partial charge in [-0.1, -0.05) is 15.9 Å². The molecule has 1 amide bonds. The average Bonchev–Trinajstić information content (AvgIpc) is 3.24.